The highest BCUT2D eigenvalue weighted by molar-refractivity contribution is 7.19. The monoisotopic (exact) mass is 262 g/mol. The Morgan fingerprint density at radius 3 is 3.11 bits per heavy atom. The van der Waals surface area contributed by atoms with E-state index in [1.165, 1.54) is 11.3 Å². The minimum Gasteiger partial charge on any atom is -0.493 e. The number of aromatic carboxylic acids is 1. The molecule has 0 aliphatic carbocycles. The lowest BCUT2D eigenvalue weighted by atomic mass is 10.1. The van der Waals surface area contributed by atoms with Crippen molar-refractivity contribution < 1.29 is 14.6 Å². The molecule has 0 saturated carbocycles. The van der Waals surface area contributed by atoms with Gasteiger partial charge in [0, 0.05) is 6.42 Å². The van der Waals surface area contributed by atoms with Crippen LogP contribution in [0.3, 0.4) is 0 Å². The lowest BCUT2D eigenvalue weighted by Crippen LogP contribution is -1.99. The van der Waals surface area contributed by atoms with Crippen LogP contribution in [0.5, 0.6) is 5.75 Å². The van der Waals surface area contributed by atoms with Gasteiger partial charge in [0.25, 0.3) is 0 Å². The largest absolute Gasteiger partial charge is 0.493 e. The molecule has 0 radical (unpaired) electrons. The number of carboxylic acid groups (broad SMARTS) is 1. The number of hydrogen-bond acceptors (Lipinski definition) is 5. The van der Waals surface area contributed by atoms with Crippen LogP contribution in [-0.4, -0.2) is 22.7 Å². The van der Waals surface area contributed by atoms with Gasteiger partial charge in [-0.1, -0.05) is 11.3 Å². The molecule has 2 heterocycles. The van der Waals surface area contributed by atoms with Crippen LogP contribution >= 0.6 is 11.3 Å². The third kappa shape index (κ3) is 1.70. The quantitative estimate of drug-likeness (QED) is 0.864. The fourth-order valence-electron chi connectivity index (χ4n) is 2.01. The lowest BCUT2D eigenvalue weighted by Gasteiger charge is -2.02. The predicted octanol–water partition coefficient (Wildman–Crippen LogP) is 2.03. The van der Waals surface area contributed by atoms with Crippen LogP contribution in [0.15, 0.2) is 18.2 Å². The van der Waals surface area contributed by atoms with Gasteiger partial charge in [-0.15, -0.1) is 0 Å². The summed E-state index contributed by atoms with van der Waals surface area (Å²) in [6.07, 6.45) is 0.847. The minimum absolute atomic E-state index is 0.0105. The Balaban J connectivity index is 2.12. The molecule has 2 aromatic rings. The third-order valence-corrected chi connectivity index (χ3v) is 3.73. The van der Waals surface area contributed by atoms with Crippen molar-refractivity contribution in [2.45, 2.75) is 6.42 Å². The van der Waals surface area contributed by atoms with Crippen LogP contribution in [0, 0.1) is 0 Å². The second-order valence-corrected chi connectivity index (χ2v) is 4.99. The fourth-order valence-corrected chi connectivity index (χ4v) is 2.83. The summed E-state index contributed by atoms with van der Waals surface area (Å²) in [5, 5.41) is 9.36. The molecule has 1 aromatic carbocycles. The van der Waals surface area contributed by atoms with E-state index >= 15 is 0 Å². The zero-order chi connectivity index (χ0) is 12.7. The van der Waals surface area contributed by atoms with Gasteiger partial charge in [0.15, 0.2) is 10.8 Å². The highest BCUT2D eigenvalue weighted by Crippen LogP contribution is 2.35. The molecule has 0 spiro atoms. The number of fused-ring (bicyclic) bond motifs is 1. The zero-order valence-electron chi connectivity index (χ0n) is 9.34. The standard InChI is InChI=1S/C12H10N2O3S/c13-12-14-9(11(15)16)10(18-12)7-1-2-8-6(5-7)3-4-17-8/h1-2,5H,3-4H2,(H2,13,14)(H,15,16). The van der Waals surface area contributed by atoms with Gasteiger partial charge in [0.2, 0.25) is 0 Å². The summed E-state index contributed by atoms with van der Waals surface area (Å²) < 4.78 is 5.42. The van der Waals surface area contributed by atoms with E-state index in [-0.39, 0.29) is 10.8 Å². The van der Waals surface area contributed by atoms with Crippen LogP contribution in [0.1, 0.15) is 16.1 Å². The molecule has 0 atom stereocenters. The van der Waals surface area contributed by atoms with Crippen molar-refractivity contribution in [1.29, 1.82) is 0 Å². The Morgan fingerprint density at radius 1 is 1.50 bits per heavy atom. The van der Waals surface area contributed by atoms with Crippen molar-refractivity contribution >= 4 is 22.4 Å². The van der Waals surface area contributed by atoms with Gasteiger partial charge in [-0.2, -0.15) is 0 Å². The van der Waals surface area contributed by atoms with Crippen LogP contribution in [-0.2, 0) is 6.42 Å². The van der Waals surface area contributed by atoms with E-state index in [9.17, 15) is 4.79 Å². The maximum Gasteiger partial charge on any atom is 0.356 e. The summed E-state index contributed by atoms with van der Waals surface area (Å²) in [5.41, 5.74) is 7.52. The van der Waals surface area contributed by atoms with Gasteiger partial charge >= 0.3 is 5.97 Å². The number of thiazole rings is 1. The van der Waals surface area contributed by atoms with Gasteiger partial charge in [-0.05, 0) is 29.3 Å². The predicted molar refractivity (Wildman–Crippen MR) is 68.1 cm³/mol. The van der Waals surface area contributed by atoms with Gasteiger partial charge in [0.1, 0.15) is 5.75 Å². The summed E-state index contributed by atoms with van der Waals surface area (Å²) in [4.78, 5) is 15.5. The summed E-state index contributed by atoms with van der Waals surface area (Å²) in [5.74, 6) is -0.192. The Hall–Kier alpha value is -2.08. The lowest BCUT2D eigenvalue weighted by molar-refractivity contribution is 0.0692. The number of nitrogen functional groups attached to an aromatic ring is 1. The Kier molecular flexibility index (Phi) is 2.45. The molecule has 5 nitrogen and oxygen atoms in total. The molecular formula is C12H10N2O3S. The second-order valence-electron chi connectivity index (χ2n) is 3.96. The van der Waals surface area contributed by atoms with E-state index in [1.54, 1.807) is 0 Å². The SMILES string of the molecule is Nc1nc(C(=O)O)c(-c2ccc3c(c2)CCO3)s1. The topological polar surface area (TPSA) is 85.4 Å². The molecule has 0 fully saturated rings. The van der Waals surface area contributed by atoms with E-state index in [0.29, 0.717) is 11.5 Å². The smallest absolute Gasteiger partial charge is 0.356 e. The first kappa shape index (κ1) is 11.0. The van der Waals surface area contributed by atoms with Gasteiger partial charge in [-0.25, -0.2) is 9.78 Å². The minimum atomic E-state index is -1.06. The van der Waals surface area contributed by atoms with Gasteiger partial charge in [-0.3, -0.25) is 0 Å². The van der Waals surface area contributed by atoms with Gasteiger partial charge < -0.3 is 15.6 Å². The van der Waals surface area contributed by atoms with Crippen LogP contribution < -0.4 is 10.5 Å². The number of carboxylic acids is 1. The number of nitrogens with zero attached hydrogens (tertiary/aromatic N) is 1. The molecule has 6 heteroatoms. The first-order chi connectivity index (χ1) is 8.65. The van der Waals surface area contributed by atoms with Crippen molar-refractivity contribution in [2.24, 2.45) is 0 Å². The third-order valence-electron chi connectivity index (χ3n) is 2.80. The van der Waals surface area contributed by atoms with E-state index < -0.39 is 5.97 Å². The second kappa shape index (κ2) is 3.99. The first-order valence-electron chi connectivity index (χ1n) is 5.41. The number of benzene rings is 1. The highest BCUT2D eigenvalue weighted by Gasteiger charge is 2.20. The molecule has 0 unspecified atom stereocenters. The molecule has 1 aliphatic rings. The average Bonchev–Trinajstić information content (AvgIpc) is 2.93. The van der Waals surface area contributed by atoms with Crippen molar-refractivity contribution in [3.63, 3.8) is 0 Å². The number of carbonyl (C=O) groups is 1. The molecule has 0 saturated heterocycles. The van der Waals surface area contributed by atoms with Crippen molar-refractivity contribution in [1.82, 2.24) is 4.98 Å². The van der Waals surface area contributed by atoms with E-state index in [1.807, 2.05) is 18.2 Å². The summed E-state index contributed by atoms with van der Waals surface area (Å²) in [6, 6.07) is 5.64. The average molecular weight is 262 g/mol. The molecule has 3 N–H and O–H groups in total. The van der Waals surface area contributed by atoms with Gasteiger partial charge in [0.05, 0.1) is 11.5 Å². The maximum absolute atomic E-state index is 11.1. The zero-order valence-corrected chi connectivity index (χ0v) is 10.2. The molecule has 3 rings (SSSR count). The van der Waals surface area contributed by atoms with Crippen molar-refractivity contribution in [3.8, 4) is 16.2 Å². The van der Waals surface area contributed by atoms with Crippen LogP contribution in [0.2, 0.25) is 0 Å². The molecule has 1 aliphatic heterocycles. The number of rotatable bonds is 2. The fraction of sp³-hybridized carbons (Fsp3) is 0.167. The number of anilines is 1. The molecular weight excluding hydrogens is 252 g/mol. The van der Waals surface area contributed by atoms with E-state index in [2.05, 4.69) is 4.98 Å². The normalized spacial score (nSPS) is 13.1. The van der Waals surface area contributed by atoms with Crippen molar-refractivity contribution in [3.05, 3.63) is 29.5 Å². The Labute approximate surface area is 107 Å². The maximum atomic E-state index is 11.1. The summed E-state index contributed by atoms with van der Waals surface area (Å²) >= 11 is 1.19. The summed E-state index contributed by atoms with van der Waals surface area (Å²) in [7, 11) is 0. The van der Waals surface area contributed by atoms with Crippen LogP contribution in [0.4, 0.5) is 5.13 Å². The van der Waals surface area contributed by atoms with E-state index in [0.717, 1.165) is 23.3 Å². The first-order valence-corrected chi connectivity index (χ1v) is 6.22. The number of ether oxygens (including phenoxy) is 1. The molecule has 92 valence electrons. The molecule has 1 aromatic heterocycles. The van der Waals surface area contributed by atoms with Crippen LogP contribution in [0.25, 0.3) is 10.4 Å². The number of hydrogen-bond donors (Lipinski definition) is 2. The number of aromatic nitrogens is 1. The number of nitrogens with two attached hydrogens (primary N) is 1. The Bertz CT molecular complexity index is 636. The Morgan fingerprint density at radius 2 is 2.33 bits per heavy atom. The molecule has 0 bridgehead atoms. The molecule has 18 heavy (non-hydrogen) atoms. The summed E-state index contributed by atoms with van der Waals surface area (Å²) in [6.45, 7) is 0.676. The van der Waals surface area contributed by atoms with Crippen molar-refractivity contribution in [2.75, 3.05) is 12.3 Å². The molecule has 0 amide bonds. The van der Waals surface area contributed by atoms with E-state index in [4.69, 9.17) is 15.6 Å². The highest BCUT2D eigenvalue weighted by atomic mass is 32.1.